The molecule has 0 bridgehead atoms. The van der Waals surface area contributed by atoms with Gasteiger partial charge < -0.3 is 22.1 Å². The van der Waals surface area contributed by atoms with Crippen LogP contribution in [-0.4, -0.2) is 24.0 Å². The lowest BCUT2D eigenvalue weighted by atomic mass is 10.1. The van der Waals surface area contributed by atoms with Crippen LogP contribution in [0.5, 0.6) is 0 Å². The number of benzene rings is 2. The number of nitrogens with two attached hydrogens (primary N) is 2. The van der Waals surface area contributed by atoms with E-state index >= 15 is 0 Å². The molecule has 0 aromatic heterocycles. The van der Waals surface area contributed by atoms with E-state index in [-0.39, 0.29) is 28.4 Å². The average Bonchev–Trinajstić information content (AvgIpc) is 2.88. The smallest absolute Gasteiger partial charge is 0.323 e. The van der Waals surface area contributed by atoms with Gasteiger partial charge >= 0.3 is 6.03 Å². The van der Waals surface area contributed by atoms with Crippen molar-refractivity contribution in [3.8, 4) is 12.3 Å². The summed E-state index contributed by atoms with van der Waals surface area (Å²) >= 11 is 1.24. The molecule has 38 heavy (non-hydrogen) atoms. The van der Waals surface area contributed by atoms with Gasteiger partial charge in [0.1, 0.15) is 17.5 Å². The maximum atomic E-state index is 13.8. The van der Waals surface area contributed by atoms with Gasteiger partial charge in [0.2, 0.25) is 0 Å². The Hall–Kier alpha value is -4.62. The van der Waals surface area contributed by atoms with E-state index in [1.807, 2.05) is 0 Å². The molecule has 6 N–H and O–H groups in total. The van der Waals surface area contributed by atoms with Gasteiger partial charge in [0.15, 0.2) is 0 Å². The first-order valence-corrected chi connectivity index (χ1v) is 12.4. The molecule has 0 aliphatic heterocycles. The number of carbonyl (C=O) groups excluding carboxylic acids is 2. The second-order valence-electron chi connectivity index (χ2n) is 7.60. The van der Waals surface area contributed by atoms with E-state index in [2.05, 4.69) is 21.5 Å². The van der Waals surface area contributed by atoms with Crippen molar-refractivity contribution in [1.29, 1.82) is 0 Å². The van der Waals surface area contributed by atoms with Gasteiger partial charge in [-0.2, -0.15) is 4.99 Å². The van der Waals surface area contributed by atoms with E-state index in [0.717, 1.165) is 5.56 Å². The summed E-state index contributed by atoms with van der Waals surface area (Å²) in [5.74, 6) is 0.0260. The van der Waals surface area contributed by atoms with Crippen LogP contribution in [0, 0.1) is 18.2 Å². The molecule has 0 aliphatic carbocycles. The van der Waals surface area contributed by atoms with Gasteiger partial charge in [-0.25, -0.2) is 13.6 Å². The van der Waals surface area contributed by atoms with Gasteiger partial charge in [0, 0.05) is 11.3 Å². The van der Waals surface area contributed by atoms with Crippen LogP contribution in [-0.2, 0) is 4.79 Å². The predicted octanol–water partition coefficient (Wildman–Crippen LogP) is 5.72. The maximum absolute atomic E-state index is 13.8. The SMILES string of the molecule is C#C/C(=C\SC)C(=O)N=C(N)C(=C/C/C=C/c1ccc(NC(=O)Nc2ccccc2F)cc1)/C(N)=C(\C)F. The molecule has 196 valence electrons. The van der Waals surface area contributed by atoms with Gasteiger partial charge in [0.25, 0.3) is 5.91 Å². The number of nitrogens with one attached hydrogen (secondary N) is 2. The first-order valence-electron chi connectivity index (χ1n) is 11.2. The first kappa shape index (κ1) is 29.6. The van der Waals surface area contributed by atoms with E-state index in [4.69, 9.17) is 17.9 Å². The normalized spacial score (nSPS) is 13.1. The van der Waals surface area contributed by atoms with Crippen molar-refractivity contribution in [2.24, 2.45) is 16.5 Å². The van der Waals surface area contributed by atoms with E-state index in [1.165, 1.54) is 48.4 Å². The Kier molecular flexibility index (Phi) is 11.5. The zero-order chi connectivity index (χ0) is 28.1. The van der Waals surface area contributed by atoms with Crippen molar-refractivity contribution < 1.29 is 18.4 Å². The Morgan fingerprint density at radius 2 is 1.82 bits per heavy atom. The number of terminal acetylenes is 1. The lowest BCUT2D eigenvalue weighted by Crippen LogP contribution is -2.22. The monoisotopic (exact) mass is 535 g/mol. The van der Waals surface area contributed by atoms with Crippen molar-refractivity contribution in [1.82, 2.24) is 0 Å². The predicted molar refractivity (Wildman–Crippen MR) is 152 cm³/mol. The molecule has 10 heteroatoms. The second-order valence-corrected chi connectivity index (χ2v) is 8.30. The third-order valence-corrected chi connectivity index (χ3v) is 5.31. The summed E-state index contributed by atoms with van der Waals surface area (Å²) in [6.45, 7) is 1.17. The molecule has 2 aromatic carbocycles. The summed E-state index contributed by atoms with van der Waals surface area (Å²) in [6, 6.07) is 12.1. The summed E-state index contributed by atoms with van der Waals surface area (Å²) in [5.41, 5.74) is 13.0. The number of hydrogen-bond donors (Lipinski definition) is 4. The molecule has 0 spiro atoms. The molecule has 0 radical (unpaired) electrons. The number of carbonyl (C=O) groups is 2. The van der Waals surface area contributed by atoms with Crippen molar-refractivity contribution in [3.05, 3.63) is 100 Å². The highest BCUT2D eigenvalue weighted by Crippen LogP contribution is 2.16. The molecular formula is C28H27F2N5O2S. The molecule has 7 nitrogen and oxygen atoms in total. The molecule has 0 saturated heterocycles. The molecule has 0 unspecified atom stereocenters. The summed E-state index contributed by atoms with van der Waals surface area (Å²) in [6.07, 6.45) is 12.4. The molecule has 0 atom stereocenters. The van der Waals surface area contributed by atoms with Crippen LogP contribution in [0.4, 0.5) is 25.0 Å². The largest absolute Gasteiger partial charge is 0.396 e. The summed E-state index contributed by atoms with van der Waals surface area (Å²) in [5, 5.41) is 6.52. The van der Waals surface area contributed by atoms with Crippen LogP contribution in [0.3, 0.4) is 0 Å². The number of anilines is 2. The van der Waals surface area contributed by atoms with Crippen molar-refractivity contribution in [3.63, 3.8) is 0 Å². The highest BCUT2D eigenvalue weighted by atomic mass is 32.2. The third-order valence-electron chi connectivity index (χ3n) is 4.84. The molecular weight excluding hydrogens is 508 g/mol. The summed E-state index contributed by atoms with van der Waals surface area (Å²) in [4.78, 5) is 28.1. The molecule has 0 aliphatic rings. The minimum absolute atomic E-state index is 0.0156. The number of rotatable bonds is 9. The standard InChI is InChI=1S/C28H27F2N5O2S/c1-4-20(17-38-3)27(36)35-26(32)22(25(31)18(2)29)10-6-5-9-19-13-15-21(16-14-19)33-28(37)34-24-12-8-7-11-23(24)30/h1,5,7-17H,6,31H2,2-3H3,(H2,32,35,36)(H2,33,34,37)/b9-5+,20-17+,22-10+,25-18-. The van der Waals surface area contributed by atoms with Crippen LogP contribution >= 0.6 is 11.8 Å². The van der Waals surface area contributed by atoms with E-state index in [9.17, 15) is 18.4 Å². The Morgan fingerprint density at radius 3 is 2.42 bits per heavy atom. The molecule has 2 rings (SSSR count). The molecule has 0 saturated carbocycles. The Labute approximate surface area is 224 Å². The minimum Gasteiger partial charge on any atom is -0.396 e. The first-order chi connectivity index (χ1) is 18.2. The van der Waals surface area contributed by atoms with Gasteiger partial charge in [-0.05, 0) is 54.8 Å². The molecule has 2 aromatic rings. The number of thioether (sulfide) groups is 1. The number of aliphatic imine (C=N–C) groups is 1. The van der Waals surface area contributed by atoms with Crippen molar-refractivity contribution in [2.45, 2.75) is 13.3 Å². The number of amides is 3. The quantitative estimate of drug-likeness (QED) is 0.108. The summed E-state index contributed by atoms with van der Waals surface area (Å²) < 4.78 is 27.5. The highest BCUT2D eigenvalue weighted by Gasteiger charge is 2.13. The second kappa shape index (κ2) is 14.8. The Balaban J connectivity index is 2.08. The van der Waals surface area contributed by atoms with Crippen LogP contribution in [0.2, 0.25) is 0 Å². The van der Waals surface area contributed by atoms with Crippen LogP contribution in [0.1, 0.15) is 18.9 Å². The minimum atomic E-state index is -0.735. The molecule has 3 amide bonds. The fourth-order valence-electron chi connectivity index (χ4n) is 2.95. The number of para-hydroxylation sites is 1. The number of halogens is 2. The van der Waals surface area contributed by atoms with Crippen LogP contribution < -0.4 is 22.1 Å². The van der Waals surface area contributed by atoms with Gasteiger partial charge in [-0.3, -0.25) is 4.79 Å². The number of allylic oxidation sites excluding steroid dienone is 3. The van der Waals surface area contributed by atoms with Crippen molar-refractivity contribution in [2.75, 3.05) is 16.9 Å². The van der Waals surface area contributed by atoms with Gasteiger partial charge in [0.05, 0.1) is 17.0 Å². The fourth-order valence-corrected chi connectivity index (χ4v) is 3.35. The number of hydrogen-bond acceptors (Lipinski definition) is 4. The Morgan fingerprint density at radius 1 is 1.13 bits per heavy atom. The maximum Gasteiger partial charge on any atom is 0.323 e. The third kappa shape index (κ3) is 9.11. The number of urea groups is 1. The van der Waals surface area contributed by atoms with Gasteiger partial charge in [-0.1, -0.05) is 48.4 Å². The topological polar surface area (TPSA) is 123 Å². The molecule has 0 fully saturated rings. The van der Waals surface area contributed by atoms with Crippen LogP contribution in [0.15, 0.2) is 93.8 Å². The molecule has 0 heterocycles. The zero-order valence-corrected chi connectivity index (χ0v) is 21.6. The van der Waals surface area contributed by atoms with Crippen molar-refractivity contribution >= 4 is 47.0 Å². The summed E-state index contributed by atoms with van der Waals surface area (Å²) in [7, 11) is 0. The fraction of sp³-hybridized carbons (Fsp3) is 0.107. The number of amidine groups is 1. The van der Waals surface area contributed by atoms with E-state index in [1.54, 1.807) is 48.7 Å². The van der Waals surface area contributed by atoms with E-state index in [0.29, 0.717) is 12.1 Å². The Bertz CT molecular complexity index is 1370. The van der Waals surface area contributed by atoms with E-state index < -0.39 is 23.6 Å². The lowest BCUT2D eigenvalue weighted by molar-refractivity contribution is -0.113. The van der Waals surface area contributed by atoms with Gasteiger partial charge in [-0.15, -0.1) is 18.2 Å². The number of nitrogens with zero attached hydrogens (tertiary/aromatic N) is 1. The zero-order valence-electron chi connectivity index (χ0n) is 20.8. The average molecular weight is 536 g/mol. The van der Waals surface area contributed by atoms with Crippen LogP contribution in [0.25, 0.3) is 6.08 Å². The highest BCUT2D eigenvalue weighted by molar-refractivity contribution is 8.01. The lowest BCUT2D eigenvalue weighted by Gasteiger charge is -2.08.